The molecule has 1 heterocycles. The first-order chi connectivity index (χ1) is 10.2. The molecule has 3 nitrogen and oxygen atoms in total. The van der Waals surface area contributed by atoms with Crippen molar-refractivity contribution in [2.24, 2.45) is 0 Å². The molecule has 0 unspecified atom stereocenters. The Hall–Kier alpha value is -2.33. The minimum atomic E-state index is -0.429. The Morgan fingerprint density at radius 1 is 1.14 bits per heavy atom. The van der Waals surface area contributed by atoms with Gasteiger partial charge in [0.1, 0.15) is 5.82 Å². The summed E-state index contributed by atoms with van der Waals surface area (Å²) in [4.78, 5) is 0. The maximum atomic E-state index is 13.3. The Balaban J connectivity index is 1.69. The number of hydrogen-bond donors (Lipinski definition) is 1. The fourth-order valence-corrected chi connectivity index (χ4v) is 2.10. The number of nitrogens with one attached hydrogen (secondary N) is 1. The lowest BCUT2D eigenvalue weighted by Crippen LogP contribution is -1.99. The van der Waals surface area contributed by atoms with Gasteiger partial charge in [-0.05, 0) is 30.3 Å². The Bertz CT molecular complexity index is 740. The molecule has 0 saturated carbocycles. The lowest BCUT2D eigenvalue weighted by Gasteiger charge is -2.05. The summed E-state index contributed by atoms with van der Waals surface area (Å²) in [7, 11) is 0. The highest BCUT2D eigenvalue weighted by atomic mass is 35.5. The number of anilines is 1. The molecule has 0 aliphatic rings. The zero-order chi connectivity index (χ0) is 14.7. The fourth-order valence-electron chi connectivity index (χ4n) is 1.98. The summed E-state index contributed by atoms with van der Waals surface area (Å²) in [5, 5.41) is 7.58. The number of para-hydroxylation sites is 1. The average Bonchev–Trinajstić information content (AvgIpc) is 2.98. The number of rotatable bonds is 4. The largest absolute Gasteiger partial charge is 0.381 e. The molecule has 3 rings (SSSR count). The van der Waals surface area contributed by atoms with E-state index in [9.17, 15) is 4.39 Å². The summed E-state index contributed by atoms with van der Waals surface area (Å²) in [5.74, 6) is -0.429. The van der Waals surface area contributed by atoms with Crippen LogP contribution in [0.4, 0.5) is 10.1 Å². The van der Waals surface area contributed by atoms with Gasteiger partial charge in [-0.2, -0.15) is 5.10 Å². The van der Waals surface area contributed by atoms with Gasteiger partial charge in [-0.15, -0.1) is 0 Å². The number of benzene rings is 2. The van der Waals surface area contributed by atoms with Crippen LogP contribution in [0.25, 0.3) is 5.69 Å². The Morgan fingerprint density at radius 2 is 1.95 bits per heavy atom. The van der Waals surface area contributed by atoms with Gasteiger partial charge >= 0.3 is 0 Å². The SMILES string of the molecule is Fc1cc(NCc2cnn(-c3ccccc3)c2)ccc1Cl. The average molecular weight is 302 g/mol. The van der Waals surface area contributed by atoms with Crippen LogP contribution in [-0.4, -0.2) is 9.78 Å². The molecule has 0 fully saturated rings. The smallest absolute Gasteiger partial charge is 0.143 e. The van der Waals surface area contributed by atoms with Crippen molar-refractivity contribution in [3.05, 3.63) is 77.3 Å². The van der Waals surface area contributed by atoms with Crippen LogP contribution < -0.4 is 5.32 Å². The van der Waals surface area contributed by atoms with E-state index in [-0.39, 0.29) is 5.02 Å². The summed E-state index contributed by atoms with van der Waals surface area (Å²) in [5.41, 5.74) is 2.69. The van der Waals surface area contributed by atoms with Crippen molar-refractivity contribution in [1.82, 2.24) is 9.78 Å². The number of halogens is 2. The van der Waals surface area contributed by atoms with E-state index in [1.54, 1.807) is 16.9 Å². The molecule has 0 bridgehead atoms. The second-order valence-electron chi connectivity index (χ2n) is 4.61. The third-order valence-corrected chi connectivity index (χ3v) is 3.38. The molecular weight excluding hydrogens is 289 g/mol. The number of aromatic nitrogens is 2. The molecule has 5 heteroatoms. The van der Waals surface area contributed by atoms with E-state index < -0.39 is 5.82 Å². The highest BCUT2D eigenvalue weighted by Crippen LogP contribution is 2.19. The van der Waals surface area contributed by atoms with E-state index in [2.05, 4.69) is 10.4 Å². The van der Waals surface area contributed by atoms with Crippen molar-refractivity contribution in [3.63, 3.8) is 0 Å². The standard InChI is InChI=1S/C16H13ClFN3/c17-15-7-6-13(8-16(15)18)19-9-12-10-20-21(11-12)14-4-2-1-3-5-14/h1-8,10-11,19H,9H2. The Labute approximate surface area is 127 Å². The molecule has 0 spiro atoms. The zero-order valence-corrected chi connectivity index (χ0v) is 11.9. The van der Waals surface area contributed by atoms with Crippen molar-refractivity contribution < 1.29 is 4.39 Å². The molecule has 1 N–H and O–H groups in total. The molecule has 0 aliphatic carbocycles. The molecule has 0 atom stereocenters. The molecule has 0 radical (unpaired) electrons. The molecule has 1 aromatic heterocycles. The first kappa shape index (κ1) is 13.6. The van der Waals surface area contributed by atoms with Gasteiger partial charge in [0.2, 0.25) is 0 Å². The first-order valence-electron chi connectivity index (χ1n) is 6.50. The number of hydrogen-bond acceptors (Lipinski definition) is 2. The summed E-state index contributed by atoms with van der Waals surface area (Å²) in [6.07, 6.45) is 3.72. The predicted molar refractivity (Wildman–Crippen MR) is 82.3 cm³/mol. The van der Waals surface area contributed by atoms with E-state index >= 15 is 0 Å². The van der Waals surface area contributed by atoms with Gasteiger partial charge in [0.05, 0.1) is 16.9 Å². The quantitative estimate of drug-likeness (QED) is 0.779. The van der Waals surface area contributed by atoms with E-state index in [0.717, 1.165) is 11.3 Å². The second-order valence-corrected chi connectivity index (χ2v) is 5.02. The van der Waals surface area contributed by atoms with Crippen LogP contribution in [0.5, 0.6) is 0 Å². The van der Waals surface area contributed by atoms with E-state index in [4.69, 9.17) is 11.6 Å². The van der Waals surface area contributed by atoms with Crippen molar-refractivity contribution >= 4 is 17.3 Å². The zero-order valence-electron chi connectivity index (χ0n) is 11.1. The van der Waals surface area contributed by atoms with Gasteiger partial charge in [-0.25, -0.2) is 9.07 Å². The lowest BCUT2D eigenvalue weighted by molar-refractivity contribution is 0.628. The fraction of sp³-hybridized carbons (Fsp3) is 0.0625. The second kappa shape index (κ2) is 5.97. The monoisotopic (exact) mass is 301 g/mol. The molecule has 21 heavy (non-hydrogen) atoms. The van der Waals surface area contributed by atoms with Crippen LogP contribution in [0.1, 0.15) is 5.56 Å². The molecular formula is C16H13ClFN3. The topological polar surface area (TPSA) is 29.9 Å². The maximum absolute atomic E-state index is 13.3. The van der Waals surface area contributed by atoms with Crippen LogP contribution in [0.3, 0.4) is 0 Å². The lowest BCUT2D eigenvalue weighted by atomic mass is 10.3. The van der Waals surface area contributed by atoms with Gasteiger partial charge < -0.3 is 5.32 Å². The summed E-state index contributed by atoms with van der Waals surface area (Å²) in [6.45, 7) is 0.563. The molecule has 106 valence electrons. The van der Waals surface area contributed by atoms with Gasteiger partial charge in [-0.1, -0.05) is 29.8 Å². The normalized spacial score (nSPS) is 10.6. The summed E-state index contributed by atoms with van der Waals surface area (Å²) >= 11 is 5.65. The van der Waals surface area contributed by atoms with Crippen molar-refractivity contribution in [2.45, 2.75) is 6.54 Å². The van der Waals surface area contributed by atoms with Crippen LogP contribution in [0.2, 0.25) is 5.02 Å². The van der Waals surface area contributed by atoms with Crippen LogP contribution >= 0.6 is 11.6 Å². The molecule has 0 amide bonds. The van der Waals surface area contributed by atoms with Gasteiger partial charge in [-0.3, -0.25) is 0 Å². The molecule has 2 aromatic carbocycles. The van der Waals surface area contributed by atoms with Crippen LogP contribution in [-0.2, 0) is 6.54 Å². The van der Waals surface area contributed by atoms with E-state index in [1.165, 1.54) is 12.1 Å². The third-order valence-electron chi connectivity index (χ3n) is 3.07. The van der Waals surface area contributed by atoms with Gasteiger partial charge in [0.15, 0.2) is 0 Å². The summed E-state index contributed by atoms with van der Waals surface area (Å²) in [6, 6.07) is 14.5. The Kier molecular flexibility index (Phi) is 3.88. The summed E-state index contributed by atoms with van der Waals surface area (Å²) < 4.78 is 15.1. The molecule has 0 saturated heterocycles. The molecule has 3 aromatic rings. The van der Waals surface area contributed by atoms with Gasteiger partial charge in [0, 0.05) is 24.0 Å². The van der Waals surface area contributed by atoms with Gasteiger partial charge in [0.25, 0.3) is 0 Å². The van der Waals surface area contributed by atoms with Crippen molar-refractivity contribution in [2.75, 3.05) is 5.32 Å². The predicted octanol–water partition coefficient (Wildman–Crippen LogP) is 4.28. The van der Waals surface area contributed by atoms with Crippen LogP contribution in [0, 0.1) is 5.82 Å². The highest BCUT2D eigenvalue weighted by molar-refractivity contribution is 6.30. The van der Waals surface area contributed by atoms with E-state index in [1.807, 2.05) is 36.5 Å². The minimum Gasteiger partial charge on any atom is -0.381 e. The molecule has 0 aliphatic heterocycles. The number of nitrogens with zero attached hydrogens (tertiary/aromatic N) is 2. The minimum absolute atomic E-state index is 0.123. The van der Waals surface area contributed by atoms with Crippen LogP contribution in [0.15, 0.2) is 60.9 Å². The van der Waals surface area contributed by atoms with Crippen molar-refractivity contribution in [1.29, 1.82) is 0 Å². The van der Waals surface area contributed by atoms with E-state index in [0.29, 0.717) is 12.2 Å². The van der Waals surface area contributed by atoms with Crippen molar-refractivity contribution in [3.8, 4) is 5.69 Å². The third kappa shape index (κ3) is 3.23. The first-order valence-corrected chi connectivity index (χ1v) is 6.88. The highest BCUT2D eigenvalue weighted by Gasteiger charge is 2.03. The Morgan fingerprint density at radius 3 is 2.71 bits per heavy atom. The maximum Gasteiger partial charge on any atom is 0.143 e.